The molecule has 24 heavy (non-hydrogen) atoms. The average Bonchev–Trinajstić information content (AvgIpc) is 2.60. The van der Waals surface area contributed by atoms with Gasteiger partial charge in [0.15, 0.2) is 5.82 Å². The SMILES string of the molecule is CCCNc1ccc(NS(=O)(=O)c2ccc3c(c2)CCCC3)nn1. The van der Waals surface area contributed by atoms with Crippen LogP contribution in [0.3, 0.4) is 0 Å². The number of hydrogen-bond acceptors (Lipinski definition) is 5. The van der Waals surface area contributed by atoms with Crippen LogP contribution >= 0.6 is 0 Å². The summed E-state index contributed by atoms with van der Waals surface area (Å²) in [5.74, 6) is 0.850. The number of nitrogens with zero attached hydrogens (tertiary/aromatic N) is 2. The fourth-order valence-corrected chi connectivity index (χ4v) is 3.85. The van der Waals surface area contributed by atoms with Crippen LogP contribution in [0.5, 0.6) is 0 Å². The number of aromatic nitrogens is 2. The summed E-state index contributed by atoms with van der Waals surface area (Å²) in [6, 6.07) is 8.69. The molecule has 0 unspecified atom stereocenters. The second kappa shape index (κ2) is 7.17. The third-order valence-electron chi connectivity index (χ3n) is 4.09. The Morgan fingerprint density at radius 3 is 2.42 bits per heavy atom. The number of nitrogens with one attached hydrogen (secondary N) is 2. The highest BCUT2D eigenvalue weighted by atomic mass is 32.2. The number of sulfonamides is 1. The molecule has 6 nitrogen and oxygen atoms in total. The minimum atomic E-state index is -3.65. The number of hydrogen-bond donors (Lipinski definition) is 2. The molecular formula is C17H22N4O2S. The van der Waals surface area contributed by atoms with Gasteiger partial charge in [-0.2, -0.15) is 0 Å². The Morgan fingerprint density at radius 1 is 1.00 bits per heavy atom. The molecule has 1 aliphatic carbocycles. The molecule has 3 rings (SSSR count). The van der Waals surface area contributed by atoms with E-state index in [1.165, 1.54) is 12.0 Å². The molecule has 0 saturated heterocycles. The third kappa shape index (κ3) is 3.84. The smallest absolute Gasteiger partial charge is 0.263 e. The zero-order valence-electron chi connectivity index (χ0n) is 13.7. The normalized spacial score (nSPS) is 14.0. The summed E-state index contributed by atoms with van der Waals surface area (Å²) in [4.78, 5) is 0.276. The summed E-state index contributed by atoms with van der Waals surface area (Å²) in [7, 11) is -3.65. The quantitative estimate of drug-likeness (QED) is 0.840. The first kappa shape index (κ1) is 16.7. The van der Waals surface area contributed by atoms with Crippen molar-refractivity contribution < 1.29 is 8.42 Å². The number of rotatable bonds is 6. The van der Waals surface area contributed by atoms with Gasteiger partial charge in [-0.05, 0) is 67.5 Å². The van der Waals surface area contributed by atoms with Crippen LogP contribution in [0.2, 0.25) is 0 Å². The van der Waals surface area contributed by atoms with Crippen LogP contribution in [-0.2, 0) is 22.9 Å². The number of benzene rings is 1. The van der Waals surface area contributed by atoms with E-state index in [-0.39, 0.29) is 10.7 Å². The Labute approximate surface area is 142 Å². The molecule has 0 bridgehead atoms. The van der Waals surface area contributed by atoms with Crippen molar-refractivity contribution in [3.8, 4) is 0 Å². The van der Waals surface area contributed by atoms with Crippen molar-refractivity contribution >= 4 is 21.7 Å². The van der Waals surface area contributed by atoms with Crippen molar-refractivity contribution in [2.24, 2.45) is 0 Å². The first-order valence-corrected chi connectivity index (χ1v) is 9.79. The van der Waals surface area contributed by atoms with E-state index in [9.17, 15) is 8.42 Å². The summed E-state index contributed by atoms with van der Waals surface area (Å²) >= 11 is 0. The molecule has 2 aromatic rings. The van der Waals surface area contributed by atoms with Crippen LogP contribution in [-0.4, -0.2) is 25.2 Å². The molecule has 128 valence electrons. The van der Waals surface area contributed by atoms with Gasteiger partial charge >= 0.3 is 0 Å². The maximum absolute atomic E-state index is 12.5. The van der Waals surface area contributed by atoms with Gasteiger partial charge in [-0.25, -0.2) is 8.42 Å². The van der Waals surface area contributed by atoms with Crippen LogP contribution in [0.15, 0.2) is 35.2 Å². The number of anilines is 2. The maximum atomic E-state index is 12.5. The van der Waals surface area contributed by atoms with Gasteiger partial charge in [0.1, 0.15) is 5.82 Å². The van der Waals surface area contributed by atoms with Gasteiger partial charge in [-0.1, -0.05) is 13.0 Å². The molecule has 1 heterocycles. The van der Waals surface area contributed by atoms with E-state index < -0.39 is 10.0 Å². The van der Waals surface area contributed by atoms with Crippen LogP contribution in [0.4, 0.5) is 11.6 Å². The molecule has 0 amide bonds. The predicted octanol–water partition coefficient (Wildman–Crippen LogP) is 2.98. The van der Waals surface area contributed by atoms with Crippen LogP contribution in [0, 0.1) is 0 Å². The van der Waals surface area contributed by atoms with E-state index in [1.807, 2.05) is 6.07 Å². The van der Waals surface area contributed by atoms with Crippen LogP contribution < -0.4 is 10.0 Å². The highest BCUT2D eigenvalue weighted by molar-refractivity contribution is 7.92. The second-order valence-electron chi connectivity index (χ2n) is 5.97. The molecule has 2 N–H and O–H groups in total. The second-order valence-corrected chi connectivity index (χ2v) is 7.66. The first-order chi connectivity index (χ1) is 11.6. The van der Waals surface area contributed by atoms with Gasteiger partial charge in [0.05, 0.1) is 4.90 Å². The maximum Gasteiger partial charge on any atom is 0.263 e. The van der Waals surface area contributed by atoms with Crippen molar-refractivity contribution in [1.82, 2.24) is 10.2 Å². The van der Waals surface area contributed by atoms with Gasteiger partial charge in [0, 0.05) is 6.54 Å². The van der Waals surface area contributed by atoms with Crippen LogP contribution in [0.1, 0.15) is 37.3 Å². The topological polar surface area (TPSA) is 84.0 Å². The Kier molecular flexibility index (Phi) is 4.99. The number of fused-ring (bicyclic) bond motifs is 1. The molecule has 0 radical (unpaired) electrons. The van der Waals surface area contributed by atoms with Crippen LogP contribution in [0.25, 0.3) is 0 Å². The van der Waals surface area contributed by atoms with E-state index in [0.29, 0.717) is 5.82 Å². The lowest BCUT2D eigenvalue weighted by atomic mass is 9.92. The lowest BCUT2D eigenvalue weighted by Crippen LogP contribution is -2.16. The minimum Gasteiger partial charge on any atom is -0.369 e. The van der Waals surface area contributed by atoms with E-state index in [0.717, 1.165) is 37.8 Å². The molecule has 0 saturated carbocycles. The molecule has 1 aliphatic rings. The van der Waals surface area contributed by atoms with E-state index in [1.54, 1.807) is 24.3 Å². The van der Waals surface area contributed by atoms with Crippen molar-refractivity contribution in [3.63, 3.8) is 0 Å². The standard InChI is InChI=1S/C17H22N4O2S/c1-2-11-18-16-9-10-17(20-19-16)21-24(22,23)15-8-7-13-5-3-4-6-14(13)12-15/h7-10,12H,2-6,11H2,1H3,(H,18,19)(H,20,21). The van der Waals surface area contributed by atoms with E-state index >= 15 is 0 Å². The average molecular weight is 346 g/mol. The molecular weight excluding hydrogens is 324 g/mol. The summed E-state index contributed by atoms with van der Waals surface area (Å²) in [5, 5.41) is 11.0. The number of aryl methyl sites for hydroxylation is 2. The Morgan fingerprint density at radius 2 is 1.71 bits per heavy atom. The zero-order chi connectivity index (χ0) is 17.0. The van der Waals surface area contributed by atoms with E-state index in [2.05, 4.69) is 27.2 Å². The Bertz CT molecular complexity index is 804. The highest BCUT2D eigenvalue weighted by Gasteiger charge is 2.18. The fraction of sp³-hybridized carbons (Fsp3) is 0.412. The van der Waals surface area contributed by atoms with Gasteiger partial charge in [0.2, 0.25) is 0 Å². The highest BCUT2D eigenvalue weighted by Crippen LogP contribution is 2.25. The summed E-state index contributed by atoms with van der Waals surface area (Å²) < 4.78 is 27.6. The monoisotopic (exact) mass is 346 g/mol. The van der Waals surface area contributed by atoms with E-state index in [4.69, 9.17) is 0 Å². The summed E-state index contributed by atoms with van der Waals surface area (Å²) in [6.07, 6.45) is 5.23. The zero-order valence-corrected chi connectivity index (χ0v) is 14.6. The van der Waals surface area contributed by atoms with Crippen molar-refractivity contribution in [3.05, 3.63) is 41.5 Å². The third-order valence-corrected chi connectivity index (χ3v) is 5.44. The predicted molar refractivity (Wildman–Crippen MR) is 94.7 cm³/mol. The van der Waals surface area contributed by atoms with Gasteiger partial charge in [0.25, 0.3) is 10.0 Å². The first-order valence-electron chi connectivity index (χ1n) is 8.31. The van der Waals surface area contributed by atoms with Gasteiger partial charge in [-0.15, -0.1) is 10.2 Å². The fourth-order valence-electron chi connectivity index (χ4n) is 2.81. The van der Waals surface area contributed by atoms with Gasteiger partial charge in [-0.3, -0.25) is 4.72 Å². The van der Waals surface area contributed by atoms with Crippen molar-refractivity contribution in [1.29, 1.82) is 0 Å². The molecule has 0 atom stereocenters. The van der Waals surface area contributed by atoms with Gasteiger partial charge < -0.3 is 5.32 Å². The molecule has 0 fully saturated rings. The van der Waals surface area contributed by atoms with Crippen molar-refractivity contribution in [2.45, 2.75) is 43.9 Å². The Balaban J connectivity index is 1.76. The summed E-state index contributed by atoms with van der Waals surface area (Å²) in [5.41, 5.74) is 2.39. The summed E-state index contributed by atoms with van der Waals surface area (Å²) in [6.45, 7) is 2.86. The Hall–Kier alpha value is -2.15. The largest absolute Gasteiger partial charge is 0.369 e. The molecule has 1 aromatic heterocycles. The molecule has 0 aliphatic heterocycles. The molecule has 7 heteroatoms. The lowest BCUT2D eigenvalue weighted by Gasteiger charge is -2.16. The molecule has 0 spiro atoms. The van der Waals surface area contributed by atoms with Crippen molar-refractivity contribution in [2.75, 3.05) is 16.6 Å². The minimum absolute atomic E-state index is 0.217. The molecule has 1 aromatic carbocycles. The lowest BCUT2D eigenvalue weighted by molar-refractivity contribution is 0.600.